The fraction of sp³-hybridized carbons (Fsp3) is 0.844. The first kappa shape index (κ1) is 26.9. The van der Waals surface area contributed by atoms with Gasteiger partial charge in [0.05, 0.1) is 5.41 Å². The summed E-state index contributed by atoms with van der Waals surface area (Å²) in [4.78, 5) is 38.5. The number of ketones is 1. The first-order valence-electron chi connectivity index (χ1n) is 14.6. The molecule has 0 amide bonds. The largest absolute Gasteiger partial charge is 0.481 e. The van der Waals surface area contributed by atoms with Crippen molar-refractivity contribution in [2.45, 2.75) is 119 Å². The predicted molar refractivity (Wildman–Crippen MR) is 143 cm³/mol. The Balaban J connectivity index is 1.58. The van der Waals surface area contributed by atoms with Gasteiger partial charge in [0.1, 0.15) is 6.10 Å². The molecule has 0 bridgehead atoms. The number of carbonyl (C=O) groups excluding carboxylic acids is 2. The lowest BCUT2D eigenvalue weighted by atomic mass is 9.33. The Morgan fingerprint density at radius 1 is 0.919 bits per heavy atom. The molecule has 0 aromatic rings. The Labute approximate surface area is 223 Å². The zero-order valence-corrected chi connectivity index (χ0v) is 24.3. The number of hydrogen-bond donors (Lipinski definition) is 1. The van der Waals surface area contributed by atoms with Crippen LogP contribution >= 0.6 is 0 Å². The van der Waals surface area contributed by atoms with Crippen LogP contribution < -0.4 is 0 Å². The first-order chi connectivity index (χ1) is 16.9. The molecule has 0 heterocycles. The Hall–Kier alpha value is -1.65. The molecule has 5 nitrogen and oxygen atoms in total. The standard InChI is InChI=1S/C32H48O5/c1-19(33)37-24-10-11-30(6)23(27(24,2)3)9-12-32(8)25(30)22(34)17-20-21-18-29(5,26(35)36)14-13-28(21,4)15-16-31(20,32)7/h17,21,23-25H,9-16,18H2,1-8H3,(H,35,36)/t21-,23+,24+,25+,28+,29+,30+,31+,32+/m0/s1. The summed E-state index contributed by atoms with van der Waals surface area (Å²) in [6, 6.07) is 0. The van der Waals surface area contributed by atoms with Crippen molar-refractivity contribution in [2.75, 3.05) is 0 Å². The maximum atomic E-state index is 14.4. The van der Waals surface area contributed by atoms with Gasteiger partial charge in [0.2, 0.25) is 0 Å². The van der Waals surface area contributed by atoms with Gasteiger partial charge >= 0.3 is 11.9 Å². The second kappa shape index (κ2) is 7.94. The molecule has 4 saturated carbocycles. The molecule has 37 heavy (non-hydrogen) atoms. The molecule has 9 atom stereocenters. The number of carboxylic acids is 1. The van der Waals surface area contributed by atoms with E-state index in [9.17, 15) is 19.5 Å². The third-order valence-corrected chi connectivity index (χ3v) is 13.3. The molecule has 0 aliphatic heterocycles. The minimum atomic E-state index is -0.729. The summed E-state index contributed by atoms with van der Waals surface area (Å²) in [6.07, 6.45) is 10.0. The van der Waals surface area contributed by atoms with Gasteiger partial charge < -0.3 is 9.84 Å². The van der Waals surface area contributed by atoms with E-state index in [1.165, 1.54) is 12.5 Å². The minimum absolute atomic E-state index is 0.0644. The van der Waals surface area contributed by atoms with Gasteiger partial charge in [-0.05, 0) is 104 Å². The van der Waals surface area contributed by atoms with Crippen LogP contribution in [0.4, 0.5) is 0 Å². The van der Waals surface area contributed by atoms with Crippen LogP contribution in [0.5, 0.6) is 0 Å². The molecule has 0 aromatic heterocycles. The second-order valence-electron chi connectivity index (χ2n) is 15.5. The average Bonchev–Trinajstić information content (AvgIpc) is 2.78. The molecule has 0 spiro atoms. The molecule has 5 aliphatic carbocycles. The van der Waals surface area contributed by atoms with Gasteiger partial charge in [-0.25, -0.2) is 0 Å². The summed E-state index contributed by atoms with van der Waals surface area (Å²) in [5, 5.41) is 10.1. The second-order valence-corrected chi connectivity index (χ2v) is 15.5. The van der Waals surface area contributed by atoms with Gasteiger partial charge in [-0.1, -0.05) is 47.1 Å². The lowest BCUT2D eigenvalue weighted by Crippen LogP contribution is -2.66. The number of esters is 1. The summed E-state index contributed by atoms with van der Waals surface area (Å²) in [5.41, 5.74) is -0.0327. The molecule has 0 radical (unpaired) electrons. The zero-order valence-electron chi connectivity index (χ0n) is 24.3. The maximum absolute atomic E-state index is 14.4. The number of hydrogen-bond acceptors (Lipinski definition) is 4. The quantitative estimate of drug-likeness (QED) is 0.404. The van der Waals surface area contributed by atoms with Crippen molar-refractivity contribution in [1.82, 2.24) is 0 Å². The molecule has 5 rings (SSSR count). The minimum Gasteiger partial charge on any atom is -0.481 e. The summed E-state index contributed by atoms with van der Waals surface area (Å²) >= 11 is 0. The van der Waals surface area contributed by atoms with Crippen molar-refractivity contribution in [1.29, 1.82) is 0 Å². The highest BCUT2D eigenvalue weighted by Gasteiger charge is 2.70. The Bertz CT molecular complexity index is 1070. The molecule has 0 saturated heterocycles. The molecule has 0 aromatic carbocycles. The third kappa shape index (κ3) is 3.43. The molecule has 0 unspecified atom stereocenters. The number of fused-ring (bicyclic) bond motifs is 7. The topological polar surface area (TPSA) is 80.7 Å². The zero-order chi connectivity index (χ0) is 27.4. The van der Waals surface area contributed by atoms with Crippen LogP contribution in [0.2, 0.25) is 0 Å². The molecule has 1 N–H and O–H groups in total. The highest BCUT2D eigenvalue weighted by molar-refractivity contribution is 5.95. The van der Waals surface area contributed by atoms with Crippen molar-refractivity contribution in [3.8, 4) is 0 Å². The van der Waals surface area contributed by atoms with Crippen molar-refractivity contribution in [3.63, 3.8) is 0 Å². The summed E-state index contributed by atoms with van der Waals surface area (Å²) in [7, 11) is 0. The number of carbonyl (C=O) groups is 3. The van der Waals surface area contributed by atoms with E-state index in [0.29, 0.717) is 18.8 Å². The predicted octanol–water partition coefficient (Wildman–Crippen LogP) is 6.98. The van der Waals surface area contributed by atoms with Crippen LogP contribution in [0.1, 0.15) is 113 Å². The van der Waals surface area contributed by atoms with E-state index in [2.05, 4.69) is 41.5 Å². The molecule has 5 heteroatoms. The summed E-state index contributed by atoms with van der Waals surface area (Å²) in [6.45, 7) is 17.4. The van der Waals surface area contributed by atoms with E-state index in [4.69, 9.17) is 4.74 Å². The van der Waals surface area contributed by atoms with Crippen LogP contribution in [0.25, 0.3) is 0 Å². The highest BCUT2D eigenvalue weighted by Crippen LogP contribution is 2.75. The fourth-order valence-corrected chi connectivity index (χ4v) is 10.8. The third-order valence-electron chi connectivity index (χ3n) is 13.3. The van der Waals surface area contributed by atoms with Crippen LogP contribution in [0.3, 0.4) is 0 Å². The van der Waals surface area contributed by atoms with Gasteiger partial charge in [-0.3, -0.25) is 14.4 Å². The van der Waals surface area contributed by atoms with Crippen molar-refractivity contribution < 1.29 is 24.2 Å². The number of rotatable bonds is 2. The lowest BCUT2D eigenvalue weighted by Gasteiger charge is -2.70. The SMILES string of the molecule is CC(=O)O[C@@H]1CC[C@]2(C)[C@H](CC[C@]3(C)[C@@H]2C(=O)C=C2[C@@H]4C[C@](C)(C(=O)O)CC[C@]4(C)CC[C@]23C)C1(C)C. The normalized spacial score (nSPS) is 50.5. The first-order valence-corrected chi connectivity index (χ1v) is 14.6. The van der Waals surface area contributed by atoms with Crippen molar-refractivity contribution in [3.05, 3.63) is 11.6 Å². The monoisotopic (exact) mass is 512 g/mol. The summed E-state index contributed by atoms with van der Waals surface area (Å²) < 4.78 is 5.82. The molecule has 4 fully saturated rings. The van der Waals surface area contributed by atoms with Gasteiger partial charge in [-0.15, -0.1) is 0 Å². The Morgan fingerprint density at radius 3 is 2.19 bits per heavy atom. The van der Waals surface area contributed by atoms with Crippen LogP contribution in [-0.2, 0) is 19.1 Å². The van der Waals surface area contributed by atoms with E-state index < -0.39 is 11.4 Å². The molecular weight excluding hydrogens is 464 g/mol. The van der Waals surface area contributed by atoms with E-state index >= 15 is 0 Å². The van der Waals surface area contributed by atoms with E-state index in [0.717, 1.165) is 44.9 Å². The van der Waals surface area contributed by atoms with Crippen molar-refractivity contribution in [2.24, 2.45) is 50.2 Å². The Kier molecular flexibility index (Phi) is 5.78. The number of ether oxygens (including phenoxy) is 1. The number of carboxylic acid groups (broad SMARTS) is 1. The van der Waals surface area contributed by atoms with E-state index in [1.54, 1.807) is 0 Å². The van der Waals surface area contributed by atoms with Crippen LogP contribution in [0.15, 0.2) is 11.6 Å². The van der Waals surface area contributed by atoms with Gasteiger partial charge in [0.25, 0.3) is 0 Å². The maximum Gasteiger partial charge on any atom is 0.309 e. The van der Waals surface area contributed by atoms with Gasteiger partial charge in [0, 0.05) is 18.3 Å². The average molecular weight is 513 g/mol. The summed E-state index contributed by atoms with van der Waals surface area (Å²) in [5.74, 6) is -0.280. The lowest BCUT2D eigenvalue weighted by molar-refractivity contribution is -0.210. The molecular formula is C32H48O5. The number of allylic oxidation sites excluding steroid dienone is 2. The van der Waals surface area contributed by atoms with E-state index in [1.807, 2.05) is 13.0 Å². The van der Waals surface area contributed by atoms with Crippen molar-refractivity contribution >= 4 is 17.7 Å². The van der Waals surface area contributed by atoms with Gasteiger partial charge in [-0.2, -0.15) is 0 Å². The highest BCUT2D eigenvalue weighted by atomic mass is 16.5. The van der Waals surface area contributed by atoms with E-state index in [-0.39, 0.29) is 56.8 Å². The molecule has 5 aliphatic rings. The number of aliphatic carboxylic acids is 1. The van der Waals surface area contributed by atoms with Gasteiger partial charge in [0.15, 0.2) is 5.78 Å². The fourth-order valence-electron chi connectivity index (χ4n) is 10.8. The Morgan fingerprint density at radius 2 is 1.57 bits per heavy atom. The molecule has 206 valence electrons. The smallest absolute Gasteiger partial charge is 0.309 e. The van der Waals surface area contributed by atoms with Crippen LogP contribution in [-0.4, -0.2) is 28.9 Å². The van der Waals surface area contributed by atoms with Crippen LogP contribution in [0, 0.1) is 50.2 Å².